The summed E-state index contributed by atoms with van der Waals surface area (Å²) >= 11 is 0. The first-order valence-electron chi connectivity index (χ1n) is 5.97. The van der Waals surface area contributed by atoms with Crippen LogP contribution in [0.1, 0.15) is 34.1 Å². The molecule has 1 aliphatic heterocycles. The zero-order chi connectivity index (χ0) is 12.3. The largest absolute Gasteiger partial charge is 0.444 e. The number of ether oxygens (including phenoxy) is 1. The molecule has 0 aromatic heterocycles. The third-order valence-corrected chi connectivity index (χ3v) is 2.72. The summed E-state index contributed by atoms with van der Waals surface area (Å²) in [4.78, 5) is 13.7. The highest BCUT2D eigenvalue weighted by atomic mass is 16.6. The Morgan fingerprint density at radius 2 is 2.00 bits per heavy atom. The zero-order valence-electron chi connectivity index (χ0n) is 11.0. The molecular formula is C12H24N2O2. The molecule has 0 saturated carbocycles. The number of hydrogen-bond acceptors (Lipinski definition) is 3. The molecule has 1 rings (SSSR count). The van der Waals surface area contributed by atoms with Crippen molar-refractivity contribution in [1.82, 2.24) is 10.2 Å². The van der Waals surface area contributed by atoms with Crippen LogP contribution in [-0.4, -0.2) is 42.8 Å². The summed E-state index contributed by atoms with van der Waals surface area (Å²) in [5, 5.41) is 3.23. The molecule has 16 heavy (non-hydrogen) atoms. The van der Waals surface area contributed by atoms with Crippen molar-refractivity contribution in [2.75, 3.05) is 20.1 Å². The lowest BCUT2D eigenvalue weighted by Gasteiger charge is -2.37. The Morgan fingerprint density at radius 3 is 2.50 bits per heavy atom. The van der Waals surface area contributed by atoms with Gasteiger partial charge in [0.05, 0.1) is 0 Å². The van der Waals surface area contributed by atoms with Crippen LogP contribution >= 0.6 is 0 Å². The molecule has 1 saturated heterocycles. The molecule has 1 N–H and O–H groups in total. The van der Waals surface area contributed by atoms with Crippen LogP contribution < -0.4 is 5.32 Å². The molecule has 1 fully saturated rings. The van der Waals surface area contributed by atoms with Crippen molar-refractivity contribution in [2.45, 2.75) is 45.8 Å². The molecule has 0 aromatic rings. The maximum absolute atomic E-state index is 11.9. The van der Waals surface area contributed by atoms with Crippen molar-refractivity contribution in [1.29, 1.82) is 0 Å². The number of carbonyl (C=O) groups is 1. The van der Waals surface area contributed by atoms with Gasteiger partial charge in [-0.3, -0.25) is 0 Å². The summed E-state index contributed by atoms with van der Waals surface area (Å²) in [6.07, 6.45) is 0.926. The van der Waals surface area contributed by atoms with E-state index in [1.165, 1.54) is 0 Å². The van der Waals surface area contributed by atoms with Crippen LogP contribution in [0.25, 0.3) is 0 Å². The van der Waals surface area contributed by atoms with Gasteiger partial charge in [-0.1, -0.05) is 6.92 Å². The Morgan fingerprint density at radius 1 is 1.38 bits per heavy atom. The van der Waals surface area contributed by atoms with Crippen molar-refractivity contribution in [3.05, 3.63) is 0 Å². The first kappa shape index (κ1) is 13.3. The van der Waals surface area contributed by atoms with Crippen molar-refractivity contribution < 1.29 is 9.53 Å². The zero-order valence-corrected chi connectivity index (χ0v) is 11.0. The average Bonchev–Trinajstić information content (AvgIpc) is 2.14. The van der Waals surface area contributed by atoms with Gasteiger partial charge in [0.2, 0.25) is 0 Å². The smallest absolute Gasteiger partial charge is 0.410 e. The Bertz CT molecular complexity index is 248. The van der Waals surface area contributed by atoms with Crippen LogP contribution in [0.2, 0.25) is 0 Å². The molecule has 94 valence electrons. The number of carbonyl (C=O) groups excluding carboxylic acids is 1. The summed E-state index contributed by atoms with van der Waals surface area (Å²) in [6.45, 7) is 9.40. The van der Waals surface area contributed by atoms with E-state index in [4.69, 9.17) is 4.74 Å². The van der Waals surface area contributed by atoms with Gasteiger partial charge < -0.3 is 15.0 Å². The summed E-state index contributed by atoms with van der Waals surface area (Å²) in [5.74, 6) is 0.527. The summed E-state index contributed by atoms with van der Waals surface area (Å²) in [7, 11) is 1.94. The highest BCUT2D eigenvalue weighted by Crippen LogP contribution is 2.18. The fraction of sp³-hybridized carbons (Fsp3) is 0.917. The second-order valence-electron chi connectivity index (χ2n) is 5.71. The van der Waals surface area contributed by atoms with Gasteiger partial charge in [0.1, 0.15) is 5.60 Å². The SMILES string of the molecule is CN[C@@H]1C[C@@H](C)CN(C(=O)OC(C)(C)C)C1. The lowest BCUT2D eigenvalue weighted by molar-refractivity contribution is 0.0141. The number of hydrogen-bond donors (Lipinski definition) is 1. The summed E-state index contributed by atoms with van der Waals surface area (Å²) in [6, 6.07) is 0.385. The first-order chi connectivity index (χ1) is 7.31. The number of amides is 1. The second kappa shape index (κ2) is 5.04. The fourth-order valence-electron chi connectivity index (χ4n) is 2.04. The lowest BCUT2D eigenvalue weighted by Crippen LogP contribution is -2.51. The van der Waals surface area contributed by atoms with Gasteiger partial charge in [0.15, 0.2) is 0 Å². The van der Waals surface area contributed by atoms with Crippen LogP contribution in [0.5, 0.6) is 0 Å². The number of likely N-dealkylation sites (tertiary alicyclic amines) is 1. The third kappa shape index (κ3) is 4.00. The molecule has 4 heteroatoms. The number of nitrogens with one attached hydrogen (secondary N) is 1. The van der Waals surface area contributed by atoms with Gasteiger partial charge in [0, 0.05) is 19.1 Å². The van der Waals surface area contributed by atoms with E-state index < -0.39 is 5.60 Å². The topological polar surface area (TPSA) is 41.6 Å². The lowest BCUT2D eigenvalue weighted by atomic mass is 9.96. The highest BCUT2D eigenvalue weighted by Gasteiger charge is 2.29. The summed E-state index contributed by atoms with van der Waals surface area (Å²) in [5.41, 5.74) is -0.410. The Kier molecular flexibility index (Phi) is 4.19. The highest BCUT2D eigenvalue weighted by molar-refractivity contribution is 5.68. The predicted molar refractivity (Wildman–Crippen MR) is 64.4 cm³/mol. The van der Waals surface area contributed by atoms with E-state index in [1.54, 1.807) is 4.90 Å². The maximum atomic E-state index is 11.9. The Balaban J connectivity index is 2.55. The number of rotatable bonds is 1. The molecule has 2 atom stereocenters. The Hall–Kier alpha value is -0.770. The molecule has 1 aliphatic rings. The summed E-state index contributed by atoms with van der Waals surface area (Å²) < 4.78 is 5.38. The van der Waals surface area contributed by atoms with Crippen LogP contribution in [0, 0.1) is 5.92 Å². The van der Waals surface area contributed by atoms with E-state index >= 15 is 0 Å². The monoisotopic (exact) mass is 228 g/mol. The molecule has 0 bridgehead atoms. The molecule has 0 aromatic carbocycles. The van der Waals surface area contributed by atoms with Gasteiger partial charge in [-0.25, -0.2) is 4.79 Å². The van der Waals surface area contributed by atoms with E-state index in [1.807, 2.05) is 27.8 Å². The fourth-order valence-corrected chi connectivity index (χ4v) is 2.04. The standard InChI is InChI=1S/C12H24N2O2/c1-9-6-10(13-5)8-14(7-9)11(15)16-12(2,3)4/h9-10,13H,6-8H2,1-5H3/t9-,10-/m1/s1. The van der Waals surface area contributed by atoms with Crippen molar-refractivity contribution in [3.63, 3.8) is 0 Å². The average molecular weight is 228 g/mol. The molecule has 1 amide bonds. The first-order valence-corrected chi connectivity index (χ1v) is 5.97. The van der Waals surface area contributed by atoms with E-state index in [2.05, 4.69) is 12.2 Å². The predicted octanol–water partition coefficient (Wildman–Crippen LogP) is 1.85. The molecule has 4 nitrogen and oxygen atoms in total. The molecule has 0 spiro atoms. The van der Waals surface area contributed by atoms with Gasteiger partial charge in [-0.2, -0.15) is 0 Å². The van der Waals surface area contributed by atoms with E-state index in [-0.39, 0.29) is 6.09 Å². The minimum absolute atomic E-state index is 0.195. The van der Waals surface area contributed by atoms with Crippen LogP contribution in [-0.2, 0) is 4.74 Å². The van der Waals surface area contributed by atoms with Crippen molar-refractivity contribution in [2.24, 2.45) is 5.92 Å². The van der Waals surface area contributed by atoms with Crippen LogP contribution in [0.4, 0.5) is 4.79 Å². The molecule has 0 aliphatic carbocycles. The van der Waals surface area contributed by atoms with Crippen LogP contribution in [0.15, 0.2) is 0 Å². The van der Waals surface area contributed by atoms with Crippen molar-refractivity contribution >= 4 is 6.09 Å². The molecular weight excluding hydrogens is 204 g/mol. The maximum Gasteiger partial charge on any atom is 0.410 e. The van der Waals surface area contributed by atoms with Gasteiger partial charge >= 0.3 is 6.09 Å². The van der Waals surface area contributed by atoms with Crippen molar-refractivity contribution in [3.8, 4) is 0 Å². The number of piperidine rings is 1. The van der Waals surface area contributed by atoms with Gasteiger partial charge in [-0.15, -0.1) is 0 Å². The normalized spacial score (nSPS) is 26.7. The third-order valence-electron chi connectivity index (χ3n) is 2.72. The van der Waals surface area contributed by atoms with E-state index in [9.17, 15) is 4.79 Å². The minimum Gasteiger partial charge on any atom is -0.444 e. The van der Waals surface area contributed by atoms with Crippen LogP contribution in [0.3, 0.4) is 0 Å². The minimum atomic E-state index is -0.410. The molecule has 1 heterocycles. The number of nitrogens with zero attached hydrogens (tertiary/aromatic N) is 1. The molecule has 0 unspecified atom stereocenters. The second-order valence-corrected chi connectivity index (χ2v) is 5.71. The number of likely N-dealkylation sites (N-methyl/N-ethyl adjacent to an activating group) is 1. The van der Waals surface area contributed by atoms with Gasteiger partial charge in [-0.05, 0) is 40.2 Å². The van der Waals surface area contributed by atoms with E-state index in [0.717, 1.165) is 19.5 Å². The Labute approximate surface area is 98.3 Å². The van der Waals surface area contributed by atoms with Gasteiger partial charge in [0.25, 0.3) is 0 Å². The molecule has 0 radical (unpaired) electrons. The quantitative estimate of drug-likeness (QED) is 0.744. The van der Waals surface area contributed by atoms with E-state index in [0.29, 0.717) is 12.0 Å².